The van der Waals surface area contributed by atoms with Crippen LogP contribution in [0.5, 0.6) is 11.5 Å². The van der Waals surface area contributed by atoms with E-state index in [9.17, 15) is 18.3 Å². The van der Waals surface area contributed by atoms with E-state index in [-0.39, 0.29) is 41.1 Å². The predicted molar refractivity (Wildman–Crippen MR) is 163 cm³/mol. The van der Waals surface area contributed by atoms with E-state index in [0.717, 1.165) is 5.56 Å². The summed E-state index contributed by atoms with van der Waals surface area (Å²) in [5.74, 6) is -0.0788. The van der Waals surface area contributed by atoms with E-state index in [4.69, 9.17) is 9.57 Å². The van der Waals surface area contributed by atoms with Gasteiger partial charge >= 0.3 is 0 Å². The molecule has 5 rings (SSSR count). The van der Waals surface area contributed by atoms with Crippen molar-refractivity contribution in [2.45, 2.75) is 11.5 Å². The summed E-state index contributed by atoms with van der Waals surface area (Å²) in [7, 11) is -2.73. The molecule has 12 nitrogen and oxygen atoms in total. The van der Waals surface area contributed by atoms with Crippen LogP contribution in [0, 0.1) is 0 Å². The minimum absolute atomic E-state index is 0.0606. The summed E-state index contributed by atoms with van der Waals surface area (Å²) in [4.78, 5) is 26.7. The second-order valence-corrected chi connectivity index (χ2v) is 10.9. The normalized spacial score (nSPS) is 11.2. The molecule has 0 fully saturated rings. The number of hydroxylamine groups is 1. The number of carbonyl (C=O) groups excluding carboxylic acids is 1. The monoisotopic (exact) mass is 600 g/mol. The van der Waals surface area contributed by atoms with Crippen LogP contribution in [0.3, 0.4) is 0 Å². The molecule has 0 bridgehead atoms. The molecule has 0 radical (unpaired) electrons. The maximum atomic E-state index is 13.5. The third-order valence-corrected chi connectivity index (χ3v) is 7.37. The fourth-order valence-electron chi connectivity index (χ4n) is 4.03. The maximum Gasteiger partial charge on any atom is 0.263 e. The second kappa shape index (κ2) is 13.2. The molecule has 0 spiro atoms. The summed E-state index contributed by atoms with van der Waals surface area (Å²) in [5.41, 5.74) is 5.18. The van der Waals surface area contributed by atoms with Gasteiger partial charge in [0.2, 0.25) is 5.91 Å². The first-order chi connectivity index (χ1) is 20.8. The van der Waals surface area contributed by atoms with Gasteiger partial charge in [-0.25, -0.2) is 18.4 Å². The van der Waals surface area contributed by atoms with Crippen molar-refractivity contribution >= 4 is 50.0 Å². The van der Waals surface area contributed by atoms with Gasteiger partial charge in [0.15, 0.2) is 11.6 Å². The van der Waals surface area contributed by atoms with E-state index in [1.165, 1.54) is 37.4 Å². The number of sulfonamides is 1. The van der Waals surface area contributed by atoms with E-state index >= 15 is 0 Å². The minimum atomic E-state index is -4.19. The Morgan fingerprint density at radius 1 is 0.837 bits per heavy atom. The smallest absolute Gasteiger partial charge is 0.263 e. The minimum Gasteiger partial charge on any atom is -0.508 e. The van der Waals surface area contributed by atoms with Crippen LogP contribution >= 0.6 is 0 Å². The zero-order valence-electron chi connectivity index (χ0n) is 22.9. The molecule has 0 unspecified atom stereocenters. The molecular weight excluding hydrogens is 572 g/mol. The molecule has 13 heteroatoms. The number of nitrogens with zero attached hydrogens (tertiary/aromatic N) is 2. The number of phenolic OH excluding ortho intramolecular Hbond substituents is 1. The first-order valence-corrected chi connectivity index (χ1v) is 14.5. The lowest BCUT2D eigenvalue weighted by Crippen LogP contribution is -2.28. The topological polar surface area (TPSA) is 164 Å². The SMILES string of the molecule is COc1cc(O)cc(Nc2nc3ccccc3nc2NS(=O)(=O)c2cccc(NC(=O)CNOCc3ccccc3)c2)c1. The molecule has 0 aliphatic carbocycles. The highest BCUT2D eigenvalue weighted by Gasteiger charge is 2.20. The van der Waals surface area contributed by atoms with Gasteiger partial charge in [-0.05, 0) is 35.9 Å². The lowest BCUT2D eigenvalue weighted by molar-refractivity contribution is -0.118. The molecule has 5 N–H and O–H groups in total. The van der Waals surface area contributed by atoms with Gasteiger partial charge in [-0.1, -0.05) is 48.5 Å². The summed E-state index contributed by atoms with van der Waals surface area (Å²) in [6.07, 6.45) is 0. The first-order valence-electron chi connectivity index (χ1n) is 13.0. The quantitative estimate of drug-likeness (QED) is 0.101. The molecule has 4 aromatic carbocycles. The number of para-hydroxylation sites is 2. The van der Waals surface area contributed by atoms with Gasteiger partial charge in [0.05, 0.1) is 29.6 Å². The Hall–Kier alpha value is -5.24. The van der Waals surface area contributed by atoms with Crippen LogP contribution in [0.25, 0.3) is 11.0 Å². The number of methoxy groups -OCH3 is 1. The van der Waals surface area contributed by atoms with E-state index in [1.807, 2.05) is 30.3 Å². The number of hydrogen-bond acceptors (Lipinski definition) is 10. The molecule has 1 heterocycles. The number of phenols is 1. The molecule has 1 aromatic heterocycles. The Bertz CT molecular complexity index is 1850. The number of benzene rings is 4. The molecular formula is C30H28N6O6S. The largest absolute Gasteiger partial charge is 0.508 e. The van der Waals surface area contributed by atoms with Crippen molar-refractivity contribution in [3.8, 4) is 11.5 Å². The highest BCUT2D eigenvalue weighted by atomic mass is 32.2. The van der Waals surface area contributed by atoms with Crippen LogP contribution in [0.1, 0.15) is 5.56 Å². The van der Waals surface area contributed by atoms with Crippen LogP contribution in [-0.2, 0) is 26.3 Å². The Morgan fingerprint density at radius 3 is 2.30 bits per heavy atom. The fraction of sp³-hybridized carbons (Fsp3) is 0.100. The molecule has 0 aliphatic rings. The zero-order valence-corrected chi connectivity index (χ0v) is 23.8. The Kier molecular flexibility index (Phi) is 8.96. The summed E-state index contributed by atoms with van der Waals surface area (Å²) in [6, 6.07) is 26.7. The Balaban J connectivity index is 1.32. The van der Waals surface area contributed by atoms with Crippen molar-refractivity contribution in [1.29, 1.82) is 0 Å². The third kappa shape index (κ3) is 7.74. The third-order valence-electron chi connectivity index (χ3n) is 6.04. The molecule has 0 aliphatic heterocycles. The van der Waals surface area contributed by atoms with Crippen LogP contribution in [0.15, 0.2) is 102 Å². The number of rotatable bonds is 12. The van der Waals surface area contributed by atoms with Crippen molar-refractivity contribution in [2.75, 3.05) is 29.0 Å². The van der Waals surface area contributed by atoms with Crippen LogP contribution in [0.4, 0.5) is 23.0 Å². The fourth-order valence-corrected chi connectivity index (χ4v) is 5.08. The molecule has 1 amide bonds. The van der Waals surface area contributed by atoms with E-state index in [0.29, 0.717) is 22.5 Å². The van der Waals surface area contributed by atoms with Crippen molar-refractivity contribution in [3.63, 3.8) is 0 Å². The highest BCUT2D eigenvalue weighted by Crippen LogP contribution is 2.31. The lowest BCUT2D eigenvalue weighted by atomic mass is 10.2. The van der Waals surface area contributed by atoms with Crippen molar-refractivity contribution in [1.82, 2.24) is 15.4 Å². The summed E-state index contributed by atoms with van der Waals surface area (Å²) in [5, 5.41) is 15.7. The van der Waals surface area contributed by atoms with Gasteiger partial charge in [0, 0.05) is 29.6 Å². The standard InChI is InChI=1S/C30H28N6O6S/c1-41-24-15-22(14-23(37)17-24)33-29-30(35-27-13-6-5-12-26(27)34-29)36-43(39,40)25-11-7-10-21(16-25)32-28(38)18-31-42-19-20-8-3-2-4-9-20/h2-17,31,37H,18-19H2,1H3,(H,32,38)(H,33,34)(H,35,36). The molecule has 43 heavy (non-hydrogen) atoms. The summed E-state index contributed by atoms with van der Waals surface area (Å²) in [6.45, 7) is 0.130. The van der Waals surface area contributed by atoms with Gasteiger partial charge in [-0.2, -0.15) is 5.48 Å². The molecule has 0 atom stereocenters. The van der Waals surface area contributed by atoms with Crippen LogP contribution < -0.4 is 25.6 Å². The van der Waals surface area contributed by atoms with E-state index < -0.39 is 15.9 Å². The summed E-state index contributed by atoms with van der Waals surface area (Å²) < 4.78 is 34.6. The number of fused-ring (bicyclic) bond motifs is 1. The maximum absolute atomic E-state index is 13.5. The number of aromatic nitrogens is 2. The molecule has 0 saturated heterocycles. The number of anilines is 4. The van der Waals surface area contributed by atoms with Crippen LogP contribution in [0.2, 0.25) is 0 Å². The van der Waals surface area contributed by atoms with Crippen molar-refractivity contribution in [3.05, 3.63) is 103 Å². The van der Waals surface area contributed by atoms with Crippen molar-refractivity contribution in [2.24, 2.45) is 0 Å². The van der Waals surface area contributed by atoms with Gasteiger partial charge < -0.3 is 20.5 Å². The molecule has 220 valence electrons. The van der Waals surface area contributed by atoms with Gasteiger partial charge in [0.25, 0.3) is 10.0 Å². The molecule has 0 saturated carbocycles. The predicted octanol–water partition coefficient (Wildman–Crippen LogP) is 4.55. The molecule has 5 aromatic rings. The number of aromatic hydroxyl groups is 1. The van der Waals surface area contributed by atoms with E-state index in [2.05, 4.69) is 30.8 Å². The number of hydrogen-bond donors (Lipinski definition) is 5. The second-order valence-electron chi connectivity index (χ2n) is 9.23. The van der Waals surface area contributed by atoms with E-state index in [1.54, 1.807) is 36.4 Å². The average molecular weight is 601 g/mol. The van der Waals surface area contributed by atoms with Crippen LogP contribution in [-0.4, -0.2) is 43.1 Å². The lowest BCUT2D eigenvalue weighted by Gasteiger charge is -2.15. The van der Waals surface area contributed by atoms with Gasteiger partial charge in [0.1, 0.15) is 18.0 Å². The first kappa shape index (κ1) is 29.3. The van der Waals surface area contributed by atoms with Crippen molar-refractivity contribution < 1.29 is 27.9 Å². The Labute approximate surface area is 247 Å². The van der Waals surface area contributed by atoms with Gasteiger partial charge in [-0.15, -0.1) is 0 Å². The number of carbonyl (C=O) groups is 1. The number of amides is 1. The van der Waals surface area contributed by atoms with Gasteiger partial charge in [-0.3, -0.25) is 14.4 Å². The highest BCUT2D eigenvalue weighted by molar-refractivity contribution is 7.92. The number of ether oxygens (including phenoxy) is 1. The zero-order chi connectivity index (χ0) is 30.2. The Morgan fingerprint density at radius 2 is 1.56 bits per heavy atom. The average Bonchev–Trinajstić information content (AvgIpc) is 3.00. The summed E-state index contributed by atoms with van der Waals surface area (Å²) >= 11 is 0. The number of nitrogens with one attached hydrogen (secondary N) is 4.